The second kappa shape index (κ2) is 10.9. The van der Waals surface area contributed by atoms with E-state index >= 15 is 4.79 Å². The van der Waals surface area contributed by atoms with Crippen LogP contribution in [0.2, 0.25) is 5.02 Å². The Kier molecular flexibility index (Phi) is 7.08. The van der Waals surface area contributed by atoms with Crippen LogP contribution in [0.1, 0.15) is 29.9 Å². The number of imide groups is 4. The van der Waals surface area contributed by atoms with E-state index in [9.17, 15) is 28.7 Å². The molecule has 6 atom stereocenters. The summed E-state index contributed by atoms with van der Waals surface area (Å²) < 4.78 is 19.5. The SMILES string of the molecule is COc1cc(O)ccc1C1C2=CCC3C(=O)N(C(N)=O)C(=O)C3C2CC2C(=O)N(Nc3ccc(F)cc3)C(=O)C21c1ccc(Cl)cc1. The number of aromatic hydroxyl groups is 1. The minimum Gasteiger partial charge on any atom is -0.508 e. The summed E-state index contributed by atoms with van der Waals surface area (Å²) in [5.41, 5.74) is 8.48. The van der Waals surface area contributed by atoms with Crippen LogP contribution in [0.25, 0.3) is 0 Å². The number of nitrogens with one attached hydrogen (secondary N) is 1. The monoisotopic (exact) mass is 658 g/mol. The molecule has 47 heavy (non-hydrogen) atoms. The summed E-state index contributed by atoms with van der Waals surface area (Å²) in [4.78, 5) is 69.3. The van der Waals surface area contributed by atoms with Crippen molar-refractivity contribution in [1.82, 2.24) is 9.91 Å². The minimum atomic E-state index is -1.64. The van der Waals surface area contributed by atoms with Crippen molar-refractivity contribution in [3.05, 3.63) is 100 Å². The Bertz CT molecular complexity index is 1900. The average Bonchev–Trinajstić information content (AvgIpc) is 3.43. The number of nitrogens with two attached hydrogens (primary N) is 1. The van der Waals surface area contributed by atoms with Gasteiger partial charge in [0.1, 0.15) is 17.3 Å². The van der Waals surface area contributed by atoms with Gasteiger partial charge in [0.25, 0.3) is 11.8 Å². The minimum absolute atomic E-state index is 0.0235. The summed E-state index contributed by atoms with van der Waals surface area (Å²) in [5.74, 6) is -7.75. The number of hydrazine groups is 1. The van der Waals surface area contributed by atoms with Gasteiger partial charge in [-0.2, -0.15) is 9.91 Å². The molecule has 0 aromatic heterocycles. The van der Waals surface area contributed by atoms with Crippen molar-refractivity contribution in [2.45, 2.75) is 24.2 Å². The molecule has 4 N–H and O–H groups in total. The number of carbonyl (C=O) groups excluding carboxylic acids is 5. The average molecular weight is 659 g/mol. The van der Waals surface area contributed by atoms with Crippen LogP contribution < -0.4 is 15.9 Å². The number of nitrogens with zero attached hydrogens (tertiary/aromatic N) is 2. The third kappa shape index (κ3) is 4.34. The number of phenols is 1. The number of hydrogen-bond acceptors (Lipinski definition) is 8. The summed E-state index contributed by atoms with van der Waals surface area (Å²) in [6.07, 6.45) is 1.87. The molecule has 2 heterocycles. The molecule has 3 aromatic rings. The molecule has 2 aliphatic carbocycles. The van der Waals surface area contributed by atoms with Gasteiger partial charge >= 0.3 is 6.03 Å². The lowest BCUT2D eigenvalue weighted by atomic mass is 9.49. The van der Waals surface area contributed by atoms with Gasteiger partial charge in [-0.15, -0.1) is 0 Å². The van der Waals surface area contributed by atoms with Crippen LogP contribution in [-0.4, -0.2) is 51.8 Å². The molecule has 6 amide bonds. The Morgan fingerprint density at radius 2 is 1.70 bits per heavy atom. The highest BCUT2D eigenvalue weighted by atomic mass is 35.5. The molecule has 3 aromatic carbocycles. The Morgan fingerprint density at radius 1 is 1.00 bits per heavy atom. The van der Waals surface area contributed by atoms with E-state index in [-0.39, 0.29) is 30.0 Å². The normalized spacial score (nSPS) is 28.1. The number of rotatable bonds is 5. The van der Waals surface area contributed by atoms with Gasteiger partial charge in [-0.25, -0.2) is 9.18 Å². The first-order valence-corrected chi connectivity index (χ1v) is 15.3. The molecule has 7 rings (SSSR count). The van der Waals surface area contributed by atoms with Gasteiger partial charge < -0.3 is 15.6 Å². The zero-order valence-electron chi connectivity index (χ0n) is 24.9. The first-order chi connectivity index (χ1) is 22.5. The maximum absolute atomic E-state index is 15.1. The molecular formula is C34H28ClFN4O7. The summed E-state index contributed by atoms with van der Waals surface area (Å²) >= 11 is 6.29. The number of urea groups is 1. The summed E-state index contributed by atoms with van der Waals surface area (Å²) in [5, 5.41) is 11.7. The van der Waals surface area contributed by atoms with Crippen LogP contribution in [0.15, 0.2) is 78.4 Å². The lowest BCUT2D eigenvalue weighted by Crippen LogP contribution is -2.53. The number of allylic oxidation sites excluding steroid dienone is 2. The first-order valence-electron chi connectivity index (χ1n) is 14.9. The number of fused-ring (bicyclic) bond motifs is 4. The molecule has 13 heteroatoms. The van der Waals surface area contributed by atoms with Crippen molar-refractivity contribution in [1.29, 1.82) is 0 Å². The molecule has 4 aliphatic rings. The molecule has 6 unspecified atom stereocenters. The fraction of sp³-hybridized carbons (Fsp3) is 0.265. The van der Waals surface area contributed by atoms with Gasteiger partial charge in [0.2, 0.25) is 11.8 Å². The number of methoxy groups -OCH3 is 1. The van der Waals surface area contributed by atoms with E-state index < -0.39 is 70.5 Å². The van der Waals surface area contributed by atoms with Crippen LogP contribution in [0, 0.1) is 29.5 Å². The Balaban J connectivity index is 1.49. The summed E-state index contributed by atoms with van der Waals surface area (Å²) in [7, 11) is 1.41. The molecule has 0 bridgehead atoms. The number of carbonyl (C=O) groups is 5. The molecule has 11 nitrogen and oxygen atoms in total. The van der Waals surface area contributed by atoms with Crippen LogP contribution in [0.4, 0.5) is 14.9 Å². The van der Waals surface area contributed by atoms with Gasteiger partial charge in [-0.05, 0) is 66.8 Å². The van der Waals surface area contributed by atoms with E-state index in [2.05, 4.69) is 5.43 Å². The highest BCUT2D eigenvalue weighted by molar-refractivity contribution is 6.30. The Labute approximate surface area is 272 Å². The smallest absolute Gasteiger partial charge is 0.328 e. The summed E-state index contributed by atoms with van der Waals surface area (Å²) in [6.45, 7) is 0. The fourth-order valence-corrected chi connectivity index (χ4v) is 8.28. The molecule has 240 valence electrons. The zero-order chi connectivity index (χ0) is 33.4. The third-order valence-electron chi connectivity index (χ3n) is 10.0. The standard InChI is InChI=1S/C34H28ClFN4O7/c1-47-26-14-20(41)10-11-22(26)28-21-12-13-23-27(31(44)39(29(23)42)33(37)46)24(21)15-25-30(43)40(38-19-8-6-18(36)7-9-19)32(45)34(25,28)16-2-4-17(35)5-3-16/h2-12,14,23-25,27-28,38,41H,13,15H2,1H3,(H2,37,46). The number of halogens is 2. The van der Waals surface area contributed by atoms with Crippen molar-refractivity contribution in [3.63, 3.8) is 0 Å². The predicted molar refractivity (Wildman–Crippen MR) is 165 cm³/mol. The maximum Gasteiger partial charge on any atom is 0.328 e. The number of primary amides is 1. The van der Waals surface area contributed by atoms with Crippen molar-refractivity contribution < 1.29 is 38.2 Å². The second-order valence-corrected chi connectivity index (χ2v) is 12.6. The number of benzene rings is 3. The predicted octanol–water partition coefficient (Wildman–Crippen LogP) is 4.26. The van der Waals surface area contributed by atoms with Crippen molar-refractivity contribution in [2.24, 2.45) is 29.4 Å². The Hall–Kier alpha value is -5.23. The van der Waals surface area contributed by atoms with Crippen LogP contribution >= 0.6 is 11.6 Å². The lowest BCUT2D eigenvalue weighted by molar-refractivity contribution is -0.139. The largest absolute Gasteiger partial charge is 0.508 e. The number of ether oxygens (including phenoxy) is 1. The van der Waals surface area contributed by atoms with E-state index in [1.807, 2.05) is 0 Å². The molecule has 0 radical (unpaired) electrons. The second-order valence-electron chi connectivity index (χ2n) is 12.1. The van der Waals surface area contributed by atoms with E-state index in [0.29, 0.717) is 26.6 Å². The third-order valence-corrected chi connectivity index (χ3v) is 10.3. The molecule has 3 fully saturated rings. The van der Waals surface area contributed by atoms with Crippen LogP contribution in [-0.2, 0) is 24.6 Å². The van der Waals surface area contributed by atoms with Crippen molar-refractivity contribution in [2.75, 3.05) is 12.5 Å². The van der Waals surface area contributed by atoms with Crippen molar-refractivity contribution in [3.8, 4) is 11.5 Å². The molecular weight excluding hydrogens is 631 g/mol. The number of hydrogen-bond donors (Lipinski definition) is 3. The highest BCUT2D eigenvalue weighted by Crippen LogP contribution is 2.65. The number of phenolic OH excluding ortho intramolecular Hbond substituents is 1. The number of anilines is 1. The highest BCUT2D eigenvalue weighted by Gasteiger charge is 2.70. The number of likely N-dealkylation sites (tertiary alicyclic amines) is 1. The van der Waals surface area contributed by atoms with Gasteiger partial charge in [0.05, 0.1) is 36.0 Å². The quantitative estimate of drug-likeness (QED) is 0.271. The topological polar surface area (TPSA) is 159 Å². The van der Waals surface area contributed by atoms with Gasteiger partial charge in [-0.3, -0.25) is 24.6 Å². The van der Waals surface area contributed by atoms with Crippen LogP contribution in [0.5, 0.6) is 11.5 Å². The number of amides is 6. The van der Waals surface area contributed by atoms with Crippen molar-refractivity contribution >= 4 is 46.9 Å². The Morgan fingerprint density at radius 3 is 2.36 bits per heavy atom. The van der Waals surface area contributed by atoms with Gasteiger partial charge in [0, 0.05) is 22.6 Å². The van der Waals surface area contributed by atoms with E-state index in [4.69, 9.17) is 22.1 Å². The molecule has 2 aliphatic heterocycles. The maximum atomic E-state index is 15.1. The molecule has 0 spiro atoms. The zero-order valence-corrected chi connectivity index (χ0v) is 25.6. The van der Waals surface area contributed by atoms with Crippen LogP contribution in [0.3, 0.4) is 0 Å². The lowest BCUT2D eigenvalue weighted by Gasteiger charge is -2.50. The van der Waals surface area contributed by atoms with Gasteiger partial charge in [-0.1, -0.05) is 41.4 Å². The van der Waals surface area contributed by atoms with E-state index in [1.54, 1.807) is 36.4 Å². The fourth-order valence-electron chi connectivity index (χ4n) is 8.16. The molecule has 1 saturated carbocycles. The van der Waals surface area contributed by atoms with E-state index in [0.717, 1.165) is 5.01 Å². The van der Waals surface area contributed by atoms with Gasteiger partial charge in [0.15, 0.2) is 0 Å². The first kappa shape index (κ1) is 30.4. The summed E-state index contributed by atoms with van der Waals surface area (Å²) in [6, 6.07) is 15.0. The molecule has 2 saturated heterocycles. The van der Waals surface area contributed by atoms with E-state index in [1.165, 1.54) is 43.5 Å².